The SMILES string of the molecule is O=C(CN1CCCCC1)N1CCCC(O)(COc2ccc(F)cc2)CC1. The molecule has 1 unspecified atom stereocenters. The third kappa shape index (κ3) is 5.42. The van der Waals surface area contributed by atoms with E-state index in [1.165, 1.54) is 31.4 Å². The van der Waals surface area contributed by atoms with Crippen LogP contribution in [0, 0.1) is 5.82 Å². The van der Waals surface area contributed by atoms with Crippen molar-refractivity contribution in [2.24, 2.45) is 0 Å². The van der Waals surface area contributed by atoms with E-state index < -0.39 is 5.60 Å². The second-order valence-electron chi connectivity index (χ2n) is 7.54. The molecule has 0 radical (unpaired) electrons. The van der Waals surface area contributed by atoms with Crippen LogP contribution in [-0.4, -0.2) is 65.7 Å². The highest BCUT2D eigenvalue weighted by atomic mass is 19.1. The molecule has 6 heteroatoms. The topological polar surface area (TPSA) is 53.0 Å². The van der Waals surface area contributed by atoms with Crippen LogP contribution in [0.1, 0.15) is 38.5 Å². The van der Waals surface area contributed by atoms with Crippen molar-refractivity contribution in [3.05, 3.63) is 30.1 Å². The number of piperidine rings is 1. The second-order valence-corrected chi connectivity index (χ2v) is 7.54. The van der Waals surface area contributed by atoms with Gasteiger partial charge in [0.2, 0.25) is 5.91 Å². The van der Waals surface area contributed by atoms with Crippen molar-refractivity contribution in [1.82, 2.24) is 9.80 Å². The fraction of sp³-hybridized carbons (Fsp3) is 0.650. The number of amides is 1. The molecular formula is C20H29FN2O3. The van der Waals surface area contributed by atoms with Gasteiger partial charge < -0.3 is 14.7 Å². The molecule has 3 rings (SSSR count). The number of carbonyl (C=O) groups excluding carboxylic acids is 1. The van der Waals surface area contributed by atoms with Gasteiger partial charge in [0.25, 0.3) is 0 Å². The van der Waals surface area contributed by atoms with Gasteiger partial charge in [0.1, 0.15) is 23.8 Å². The van der Waals surface area contributed by atoms with E-state index in [1.54, 1.807) is 12.1 Å². The minimum atomic E-state index is -0.950. The first-order valence-electron chi connectivity index (χ1n) is 9.65. The molecule has 0 bridgehead atoms. The molecule has 144 valence electrons. The van der Waals surface area contributed by atoms with Crippen LogP contribution in [0.3, 0.4) is 0 Å². The number of ether oxygens (including phenoxy) is 1. The van der Waals surface area contributed by atoms with Crippen molar-refractivity contribution in [2.45, 2.75) is 44.1 Å². The monoisotopic (exact) mass is 364 g/mol. The second kappa shape index (κ2) is 8.82. The first kappa shape index (κ1) is 19.1. The van der Waals surface area contributed by atoms with Crippen molar-refractivity contribution < 1.29 is 19.0 Å². The number of hydrogen-bond donors (Lipinski definition) is 1. The molecule has 1 aromatic carbocycles. The summed E-state index contributed by atoms with van der Waals surface area (Å²) in [6.07, 6.45) is 5.47. The molecule has 1 atom stereocenters. The van der Waals surface area contributed by atoms with Gasteiger partial charge in [0.15, 0.2) is 0 Å². The number of likely N-dealkylation sites (tertiary alicyclic amines) is 2. The van der Waals surface area contributed by atoms with Crippen LogP contribution in [0.25, 0.3) is 0 Å². The molecule has 0 saturated carbocycles. The number of rotatable bonds is 5. The largest absolute Gasteiger partial charge is 0.491 e. The highest BCUT2D eigenvalue weighted by Gasteiger charge is 2.32. The lowest BCUT2D eigenvalue weighted by atomic mass is 9.96. The fourth-order valence-corrected chi connectivity index (χ4v) is 3.73. The summed E-state index contributed by atoms with van der Waals surface area (Å²) >= 11 is 0. The summed E-state index contributed by atoms with van der Waals surface area (Å²) in [7, 11) is 0. The van der Waals surface area contributed by atoms with Gasteiger partial charge in [-0.05, 0) is 69.5 Å². The van der Waals surface area contributed by atoms with E-state index >= 15 is 0 Å². The Morgan fingerprint density at radius 3 is 2.50 bits per heavy atom. The van der Waals surface area contributed by atoms with Gasteiger partial charge in [0.05, 0.1) is 6.54 Å². The molecule has 2 heterocycles. The molecule has 1 aromatic rings. The van der Waals surface area contributed by atoms with Gasteiger partial charge in [-0.3, -0.25) is 9.69 Å². The summed E-state index contributed by atoms with van der Waals surface area (Å²) in [5.41, 5.74) is -0.950. The van der Waals surface area contributed by atoms with E-state index in [0.717, 1.165) is 19.5 Å². The molecule has 26 heavy (non-hydrogen) atoms. The van der Waals surface area contributed by atoms with Crippen LogP contribution < -0.4 is 4.74 Å². The first-order chi connectivity index (χ1) is 12.5. The third-order valence-electron chi connectivity index (χ3n) is 5.40. The molecule has 2 saturated heterocycles. The van der Waals surface area contributed by atoms with Gasteiger partial charge in [0, 0.05) is 13.1 Å². The van der Waals surface area contributed by atoms with Crippen LogP contribution in [0.4, 0.5) is 4.39 Å². The average Bonchev–Trinajstić information content (AvgIpc) is 2.84. The van der Waals surface area contributed by atoms with Gasteiger partial charge in [-0.2, -0.15) is 0 Å². The molecule has 1 amide bonds. The number of nitrogens with zero attached hydrogens (tertiary/aromatic N) is 2. The molecule has 0 aliphatic carbocycles. The number of carbonyl (C=O) groups is 1. The maximum atomic E-state index is 13.0. The zero-order chi connectivity index (χ0) is 18.4. The summed E-state index contributed by atoms with van der Waals surface area (Å²) in [6.45, 7) is 3.91. The van der Waals surface area contributed by atoms with E-state index in [1.807, 2.05) is 4.90 Å². The molecule has 2 aliphatic rings. The normalized spacial score (nSPS) is 24.9. The van der Waals surface area contributed by atoms with E-state index in [9.17, 15) is 14.3 Å². The maximum absolute atomic E-state index is 13.0. The Morgan fingerprint density at radius 1 is 1.04 bits per heavy atom. The van der Waals surface area contributed by atoms with Gasteiger partial charge in [-0.15, -0.1) is 0 Å². The van der Waals surface area contributed by atoms with Crippen LogP contribution in [-0.2, 0) is 4.79 Å². The van der Waals surface area contributed by atoms with Gasteiger partial charge in [-0.1, -0.05) is 6.42 Å². The van der Waals surface area contributed by atoms with E-state index in [-0.39, 0.29) is 18.3 Å². The quantitative estimate of drug-likeness (QED) is 0.872. The fourth-order valence-electron chi connectivity index (χ4n) is 3.73. The first-order valence-corrected chi connectivity index (χ1v) is 9.65. The standard InChI is InChI=1S/C20H29FN2O3/c21-17-5-7-18(8-6-17)26-16-20(25)9-4-13-23(14-10-20)19(24)15-22-11-2-1-3-12-22/h5-8,25H,1-4,9-16H2. The molecule has 0 spiro atoms. The highest BCUT2D eigenvalue weighted by Crippen LogP contribution is 2.24. The average molecular weight is 364 g/mol. The van der Waals surface area contributed by atoms with Crippen molar-refractivity contribution in [2.75, 3.05) is 39.3 Å². The molecule has 0 aromatic heterocycles. The lowest BCUT2D eigenvalue weighted by Gasteiger charge is -2.29. The molecule has 5 nitrogen and oxygen atoms in total. The smallest absolute Gasteiger partial charge is 0.236 e. The van der Waals surface area contributed by atoms with Crippen molar-refractivity contribution in [3.63, 3.8) is 0 Å². The maximum Gasteiger partial charge on any atom is 0.236 e. The van der Waals surface area contributed by atoms with Crippen molar-refractivity contribution >= 4 is 5.91 Å². The predicted octanol–water partition coefficient (Wildman–Crippen LogP) is 2.43. The zero-order valence-corrected chi connectivity index (χ0v) is 15.3. The van der Waals surface area contributed by atoms with Crippen LogP contribution in [0.15, 0.2) is 24.3 Å². The third-order valence-corrected chi connectivity index (χ3v) is 5.40. The number of halogens is 1. The minimum Gasteiger partial charge on any atom is -0.491 e. The zero-order valence-electron chi connectivity index (χ0n) is 15.3. The minimum absolute atomic E-state index is 0.160. The Balaban J connectivity index is 1.48. The summed E-state index contributed by atoms with van der Waals surface area (Å²) < 4.78 is 18.6. The lowest BCUT2D eigenvalue weighted by Crippen LogP contribution is -2.43. The molecular weight excluding hydrogens is 335 g/mol. The summed E-state index contributed by atoms with van der Waals surface area (Å²) in [6, 6.07) is 5.80. The highest BCUT2D eigenvalue weighted by molar-refractivity contribution is 5.78. The number of benzene rings is 1. The summed E-state index contributed by atoms with van der Waals surface area (Å²) in [4.78, 5) is 16.7. The van der Waals surface area contributed by atoms with Crippen LogP contribution >= 0.6 is 0 Å². The van der Waals surface area contributed by atoms with Crippen LogP contribution in [0.2, 0.25) is 0 Å². The molecule has 2 aliphatic heterocycles. The van der Waals surface area contributed by atoms with Crippen LogP contribution in [0.5, 0.6) is 5.75 Å². The van der Waals surface area contributed by atoms with Gasteiger partial charge in [-0.25, -0.2) is 4.39 Å². The van der Waals surface area contributed by atoms with Crippen molar-refractivity contribution in [1.29, 1.82) is 0 Å². The lowest BCUT2D eigenvalue weighted by molar-refractivity contribution is -0.132. The Hall–Kier alpha value is -1.66. The van der Waals surface area contributed by atoms with E-state index in [0.29, 0.717) is 38.2 Å². The van der Waals surface area contributed by atoms with E-state index in [4.69, 9.17) is 4.74 Å². The summed E-state index contributed by atoms with van der Waals surface area (Å²) in [5, 5.41) is 10.8. The Labute approximate surface area is 154 Å². The predicted molar refractivity (Wildman–Crippen MR) is 97.6 cm³/mol. The van der Waals surface area contributed by atoms with Crippen molar-refractivity contribution in [3.8, 4) is 5.75 Å². The Kier molecular flexibility index (Phi) is 6.48. The number of aliphatic hydroxyl groups is 1. The van der Waals surface area contributed by atoms with E-state index in [2.05, 4.69) is 4.90 Å². The number of hydrogen-bond acceptors (Lipinski definition) is 4. The van der Waals surface area contributed by atoms with Gasteiger partial charge >= 0.3 is 0 Å². The summed E-state index contributed by atoms with van der Waals surface area (Å²) in [5.74, 6) is 0.395. The Bertz CT molecular complexity index is 589. The molecule has 2 fully saturated rings. The Morgan fingerprint density at radius 2 is 1.77 bits per heavy atom. The molecule has 1 N–H and O–H groups in total.